The van der Waals surface area contributed by atoms with Crippen molar-refractivity contribution in [3.8, 4) is 11.4 Å². The maximum atomic E-state index is 4.61. The lowest BCUT2D eigenvalue weighted by Gasteiger charge is -2.05. The van der Waals surface area contributed by atoms with Gasteiger partial charge in [0.15, 0.2) is 5.82 Å². The summed E-state index contributed by atoms with van der Waals surface area (Å²) in [5.41, 5.74) is 3.21. The second-order valence-corrected chi connectivity index (χ2v) is 4.98. The minimum atomic E-state index is 0.754. The first-order valence-corrected chi connectivity index (χ1v) is 6.53. The van der Waals surface area contributed by atoms with Crippen LogP contribution < -0.4 is 0 Å². The van der Waals surface area contributed by atoms with E-state index >= 15 is 0 Å². The third-order valence-electron chi connectivity index (χ3n) is 2.83. The van der Waals surface area contributed by atoms with E-state index in [1.54, 1.807) is 0 Å². The lowest BCUT2D eigenvalue weighted by atomic mass is 10.1. The summed E-state index contributed by atoms with van der Waals surface area (Å²) in [6.07, 6.45) is 0. The van der Waals surface area contributed by atoms with Gasteiger partial charge in [0, 0.05) is 10.9 Å². The number of fused-ring (bicyclic) bond motifs is 1. The predicted molar refractivity (Wildman–Crippen MR) is 77.4 cm³/mol. The van der Waals surface area contributed by atoms with Crippen LogP contribution in [0.3, 0.4) is 0 Å². The van der Waals surface area contributed by atoms with E-state index in [2.05, 4.69) is 45.0 Å². The topological polar surface area (TPSA) is 25.8 Å². The van der Waals surface area contributed by atoms with Crippen LogP contribution in [0.1, 0.15) is 5.56 Å². The summed E-state index contributed by atoms with van der Waals surface area (Å²) in [5, 5.41) is 1.04. The largest absolute Gasteiger partial charge is 0.228 e. The Labute approximate surface area is 114 Å². The average Bonchev–Trinajstić information content (AvgIpc) is 2.39. The van der Waals surface area contributed by atoms with Gasteiger partial charge in [0.25, 0.3) is 0 Å². The Morgan fingerprint density at radius 3 is 2.61 bits per heavy atom. The van der Waals surface area contributed by atoms with Crippen LogP contribution >= 0.6 is 15.9 Å². The highest BCUT2D eigenvalue weighted by molar-refractivity contribution is 9.10. The maximum Gasteiger partial charge on any atom is 0.161 e. The zero-order valence-corrected chi connectivity index (χ0v) is 11.5. The summed E-state index contributed by atoms with van der Waals surface area (Å²) in [6, 6.07) is 16.2. The third-order valence-corrected chi connectivity index (χ3v) is 3.44. The molecule has 3 heteroatoms. The summed E-state index contributed by atoms with van der Waals surface area (Å²) < 4.78 is 0.838. The number of nitrogens with zero attached hydrogens (tertiary/aromatic N) is 2. The van der Waals surface area contributed by atoms with E-state index < -0.39 is 0 Å². The molecule has 0 aliphatic carbocycles. The molecule has 3 aromatic rings. The van der Waals surface area contributed by atoms with E-state index in [9.17, 15) is 0 Å². The van der Waals surface area contributed by atoms with E-state index in [4.69, 9.17) is 0 Å². The van der Waals surface area contributed by atoms with Gasteiger partial charge in [-0.2, -0.15) is 0 Å². The Balaban J connectivity index is 2.24. The second kappa shape index (κ2) is 4.50. The smallest absolute Gasteiger partial charge is 0.161 e. The molecule has 1 heterocycles. The number of benzene rings is 2. The van der Waals surface area contributed by atoms with Crippen molar-refractivity contribution < 1.29 is 0 Å². The molecule has 0 fully saturated rings. The lowest BCUT2D eigenvalue weighted by molar-refractivity contribution is 1.20. The molecule has 0 bridgehead atoms. The van der Waals surface area contributed by atoms with Gasteiger partial charge in [-0.1, -0.05) is 42.0 Å². The first-order valence-electron chi connectivity index (χ1n) is 5.73. The fraction of sp³-hybridized carbons (Fsp3) is 0.0667. The number of hydrogen-bond acceptors (Lipinski definition) is 2. The SMILES string of the molecule is Cc1cccc(-c2nc(Br)c3ccccc3n2)c1. The fourth-order valence-electron chi connectivity index (χ4n) is 1.95. The molecular formula is C15H11BrN2. The van der Waals surface area contributed by atoms with Gasteiger partial charge < -0.3 is 0 Å². The average molecular weight is 299 g/mol. The van der Waals surface area contributed by atoms with Crippen molar-refractivity contribution in [2.75, 3.05) is 0 Å². The number of aromatic nitrogens is 2. The normalized spacial score (nSPS) is 10.8. The van der Waals surface area contributed by atoms with Crippen LogP contribution in [-0.2, 0) is 0 Å². The first kappa shape index (κ1) is 11.4. The van der Waals surface area contributed by atoms with Gasteiger partial charge in [-0.25, -0.2) is 9.97 Å². The Hall–Kier alpha value is -1.74. The Bertz CT molecular complexity index is 723. The standard InChI is InChI=1S/C15H11BrN2/c1-10-5-4-6-11(9-10)15-17-13-8-3-2-7-12(13)14(16)18-15/h2-9H,1H3. The van der Waals surface area contributed by atoms with Crippen LogP contribution in [0, 0.1) is 6.92 Å². The quantitative estimate of drug-likeness (QED) is 0.624. The van der Waals surface area contributed by atoms with Crippen molar-refractivity contribution in [3.63, 3.8) is 0 Å². The Kier molecular flexibility index (Phi) is 2.84. The highest BCUT2D eigenvalue weighted by atomic mass is 79.9. The molecule has 1 aromatic heterocycles. The van der Waals surface area contributed by atoms with Crippen molar-refractivity contribution in [2.24, 2.45) is 0 Å². The van der Waals surface area contributed by atoms with E-state index in [1.165, 1.54) is 5.56 Å². The first-order chi connectivity index (χ1) is 8.74. The fourth-order valence-corrected chi connectivity index (χ4v) is 2.45. The molecule has 0 atom stereocenters. The molecule has 0 unspecified atom stereocenters. The van der Waals surface area contributed by atoms with Gasteiger partial charge in [0.2, 0.25) is 0 Å². The van der Waals surface area contributed by atoms with Gasteiger partial charge in [0.1, 0.15) is 4.60 Å². The lowest BCUT2D eigenvalue weighted by Crippen LogP contribution is -1.92. The number of aryl methyl sites for hydroxylation is 1. The maximum absolute atomic E-state index is 4.61. The highest BCUT2D eigenvalue weighted by Gasteiger charge is 2.06. The molecule has 0 amide bonds. The van der Waals surface area contributed by atoms with Crippen LogP contribution in [-0.4, -0.2) is 9.97 Å². The minimum Gasteiger partial charge on any atom is -0.228 e. The Morgan fingerprint density at radius 1 is 0.944 bits per heavy atom. The molecule has 0 radical (unpaired) electrons. The molecule has 88 valence electrons. The van der Waals surface area contributed by atoms with E-state index in [-0.39, 0.29) is 0 Å². The summed E-state index contributed by atoms with van der Waals surface area (Å²) >= 11 is 3.51. The Morgan fingerprint density at radius 2 is 1.78 bits per heavy atom. The van der Waals surface area contributed by atoms with Gasteiger partial charge in [-0.05, 0) is 35.0 Å². The van der Waals surface area contributed by atoms with Crippen molar-refractivity contribution in [3.05, 3.63) is 58.7 Å². The van der Waals surface area contributed by atoms with Crippen molar-refractivity contribution in [1.29, 1.82) is 0 Å². The molecular weight excluding hydrogens is 288 g/mol. The van der Waals surface area contributed by atoms with E-state index in [0.717, 1.165) is 26.9 Å². The van der Waals surface area contributed by atoms with Crippen LogP contribution in [0.15, 0.2) is 53.1 Å². The molecule has 3 rings (SSSR count). The molecule has 0 spiro atoms. The predicted octanol–water partition coefficient (Wildman–Crippen LogP) is 4.37. The molecule has 2 nitrogen and oxygen atoms in total. The van der Waals surface area contributed by atoms with Gasteiger partial charge in [-0.3, -0.25) is 0 Å². The van der Waals surface area contributed by atoms with Crippen molar-refractivity contribution in [1.82, 2.24) is 9.97 Å². The zero-order chi connectivity index (χ0) is 12.5. The summed E-state index contributed by atoms with van der Waals surface area (Å²) in [5.74, 6) is 0.754. The van der Waals surface area contributed by atoms with Crippen LogP contribution in [0.5, 0.6) is 0 Å². The minimum absolute atomic E-state index is 0.754. The van der Waals surface area contributed by atoms with Crippen LogP contribution in [0.2, 0.25) is 0 Å². The summed E-state index contributed by atoms with van der Waals surface area (Å²) in [4.78, 5) is 9.12. The molecule has 0 aliphatic rings. The van der Waals surface area contributed by atoms with Crippen molar-refractivity contribution >= 4 is 26.8 Å². The molecule has 0 aliphatic heterocycles. The van der Waals surface area contributed by atoms with Gasteiger partial charge >= 0.3 is 0 Å². The monoisotopic (exact) mass is 298 g/mol. The molecule has 0 N–H and O–H groups in total. The van der Waals surface area contributed by atoms with E-state index in [0.29, 0.717) is 0 Å². The van der Waals surface area contributed by atoms with Gasteiger partial charge in [-0.15, -0.1) is 0 Å². The zero-order valence-electron chi connectivity index (χ0n) is 9.89. The third kappa shape index (κ3) is 2.02. The highest BCUT2D eigenvalue weighted by Crippen LogP contribution is 2.25. The van der Waals surface area contributed by atoms with Crippen LogP contribution in [0.25, 0.3) is 22.3 Å². The second-order valence-electron chi connectivity index (χ2n) is 4.22. The molecule has 2 aromatic carbocycles. The summed E-state index contributed by atoms with van der Waals surface area (Å²) in [6.45, 7) is 2.07. The molecule has 0 saturated carbocycles. The molecule has 18 heavy (non-hydrogen) atoms. The number of rotatable bonds is 1. The summed E-state index contributed by atoms with van der Waals surface area (Å²) in [7, 11) is 0. The van der Waals surface area contributed by atoms with E-state index in [1.807, 2.05) is 36.4 Å². The van der Waals surface area contributed by atoms with Gasteiger partial charge in [0.05, 0.1) is 5.52 Å². The number of para-hydroxylation sites is 1. The number of hydrogen-bond donors (Lipinski definition) is 0. The number of halogens is 1. The molecule has 0 saturated heterocycles. The van der Waals surface area contributed by atoms with Crippen molar-refractivity contribution in [2.45, 2.75) is 6.92 Å². The van der Waals surface area contributed by atoms with Crippen LogP contribution in [0.4, 0.5) is 0 Å².